The van der Waals surface area contributed by atoms with Crippen LogP contribution in [0.1, 0.15) is 5.69 Å². The summed E-state index contributed by atoms with van der Waals surface area (Å²) in [5.74, 6) is 1.54. The number of aryl methyl sites for hydroxylation is 1. The zero-order valence-corrected chi connectivity index (χ0v) is 15.9. The Balaban J connectivity index is 1.39. The topological polar surface area (TPSA) is 97.1 Å². The number of aromatic nitrogens is 4. The van der Waals surface area contributed by atoms with E-state index in [-0.39, 0.29) is 17.6 Å². The zero-order valence-electron chi connectivity index (χ0n) is 15.9. The number of hydrogen-bond acceptors (Lipinski definition) is 8. The van der Waals surface area contributed by atoms with Crippen molar-refractivity contribution < 1.29 is 14.3 Å². The molecule has 27 heavy (non-hydrogen) atoms. The Morgan fingerprint density at radius 1 is 1.44 bits per heavy atom. The van der Waals surface area contributed by atoms with Crippen molar-refractivity contribution in [3.63, 3.8) is 0 Å². The van der Waals surface area contributed by atoms with Crippen LogP contribution < -0.4 is 10.2 Å². The first-order valence-electron chi connectivity index (χ1n) is 9.04. The van der Waals surface area contributed by atoms with Crippen molar-refractivity contribution in [3.8, 4) is 0 Å². The lowest BCUT2D eigenvalue weighted by Crippen LogP contribution is -2.72. The molecule has 0 aromatic carbocycles. The van der Waals surface area contributed by atoms with Gasteiger partial charge in [-0.2, -0.15) is 14.6 Å². The largest absolute Gasteiger partial charge is 0.383 e. The summed E-state index contributed by atoms with van der Waals surface area (Å²) in [6.07, 6.45) is 1.51. The minimum atomic E-state index is -0.272. The number of methoxy groups -OCH3 is 1. The second kappa shape index (κ2) is 7.02. The Bertz CT molecular complexity index is 833. The Hall–Kier alpha value is -2.30. The van der Waals surface area contributed by atoms with Gasteiger partial charge in [-0.05, 0) is 14.0 Å². The molecule has 0 bridgehead atoms. The maximum Gasteiger partial charge on any atom is 0.254 e. The molecular weight excluding hydrogens is 350 g/mol. The molecule has 1 amide bonds. The molecule has 2 saturated heterocycles. The number of hydrogen-bond donors (Lipinski definition) is 1. The van der Waals surface area contributed by atoms with Crippen LogP contribution >= 0.6 is 0 Å². The highest BCUT2D eigenvalue weighted by Gasteiger charge is 2.50. The lowest BCUT2D eigenvalue weighted by molar-refractivity contribution is -0.157. The smallest absolute Gasteiger partial charge is 0.254 e. The number of anilines is 1. The van der Waals surface area contributed by atoms with Crippen molar-refractivity contribution in [1.82, 2.24) is 29.8 Å². The third-order valence-electron chi connectivity index (χ3n) is 5.17. The van der Waals surface area contributed by atoms with Gasteiger partial charge in [0.1, 0.15) is 23.8 Å². The number of likely N-dealkylation sites (N-methyl/N-ethyl adjacent to an activating group) is 1. The Kier molecular flexibility index (Phi) is 4.70. The molecule has 4 rings (SSSR count). The van der Waals surface area contributed by atoms with E-state index in [9.17, 15) is 4.79 Å². The summed E-state index contributed by atoms with van der Waals surface area (Å²) in [7, 11) is 3.59. The number of nitrogens with zero attached hydrogens (tertiary/aromatic N) is 6. The molecule has 2 aromatic rings. The number of carbonyl (C=O) groups is 1. The summed E-state index contributed by atoms with van der Waals surface area (Å²) < 4.78 is 12.9. The van der Waals surface area contributed by atoms with Crippen molar-refractivity contribution in [2.75, 3.05) is 58.5 Å². The predicted octanol–water partition coefficient (Wildman–Crippen LogP) is -0.915. The van der Waals surface area contributed by atoms with E-state index in [1.807, 2.05) is 20.0 Å². The average molecular weight is 375 g/mol. The summed E-state index contributed by atoms with van der Waals surface area (Å²) in [6, 6.07) is 1.74. The van der Waals surface area contributed by atoms with Gasteiger partial charge < -0.3 is 19.7 Å². The first-order chi connectivity index (χ1) is 13.0. The van der Waals surface area contributed by atoms with Gasteiger partial charge in [-0.1, -0.05) is 0 Å². The highest BCUT2D eigenvalue weighted by Crippen LogP contribution is 2.34. The van der Waals surface area contributed by atoms with E-state index < -0.39 is 0 Å². The third-order valence-corrected chi connectivity index (χ3v) is 5.17. The number of ether oxygens (including phenoxy) is 2. The molecule has 0 radical (unpaired) electrons. The lowest BCUT2D eigenvalue weighted by atomic mass is 9.90. The maximum atomic E-state index is 12.3. The van der Waals surface area contributed by atoms with Gasteiger partial charge in [-0.15, -0.1) is 0 Å². The molecule has 10 heteroatoms. The van der Waals surface area contributed by atoms with Gasteiger partial charge in [0.2, 0.25) is 5.91 Å². The third kappa shape index (κ3) is 3.35. The number of nitrogens with one attached hydrogen (secondary N) is 1. The minimum absolute atomic E-state index is 0.0188. The van der Waals surface area contributed by atoms with Crippen molar-refractivity contribution in [3.05, 3.63) is 18.1 Å². The highest BCUT2D eigenvalue weighted by molar-refractivity contribution is 5.82. The predicted molar refractivity (Wildman–Crippen MR) is 97.7 cm³/mol. The van der Waals surface area contributed by atoms with E-state index >= 15 is 0 Å². The first kappa shape index (κ1) is 18.1. The minimum Gasteiger partial charge on any atom is -0.383 e. The van der Waals surface area contributed by atoms with Crippen LogP contribution in [0.3, 0.4) is 0 Å². The molecule has 2 aliphatic heterocycles. The second-order valence-electron chi connectivity index (χ2n) is 7.29. The Labute approximate surface area is 157 Å². The van der Waals surface area contributed by atoms with Crippen LogP contribution in [0.15, 0.2) is 12.4 Å². The SMILES string of the molecule is COCCNC(=O)C1COC2(CN(c3cc(C)nc4ncnn34)C2)CN1C. The second-order valence-corrected chi connectivity index (χ2v) is 7.29. The van der Waals surface area contributed by atoms with E-state index in [2.05, 4.69) is 30.2 Å². The molecule has 1 atom stereocenters. The standard InChI is InChI=1S/C17H25N7O3/c1-12-6-14(24-16(21-12)19-11-20-24)23-9-17(10-23)8-22(2)13(7-27-17)15(25)18-4-5-26-3/h6,11,13H,4-5,7-10H2,1-3H3,(H,18,25). The van der Waals surface area contributed by atoms with Crippen molar-refractivity contribution in [1.29, 1.82) is 0 Å². The Morgan fingerprint density at radius 2 is 2.26 bits per heavy atom. The lowest BCUT2D eigenvalue weighted by Gasteiger charge is -2.55. The number of amides is 1. The monoisotopic (exact) mass is 375 g/mol. The first-order valence-corrected chi connectivity index (χ1v) is 9.04. The molecule has 1 N–H and O–H groups in total. The molecule has 2 aliphatic rings. The molecular formula is C17H25N7O3. The van der Waals surface area contributed by atoms with Gasteiger partial charge in [0.15, 0.2) is 0 Å². The molecule has 1 spiro atoms. The molecule has 4 heterocycles. The molecule has 2 fully saturated rings. The Morgan fingerprint density at radius 3 is 3.00 bits per heavy atom. The van der Waals surface area contributed by atoms with Crippen molar-refractivity contribution in [2.24, 2.45) is 0 Å². The zero-order chi connectivity index (χ0) is 19.0. The van der Waals surface area contributed by atoms with Gasteiger partial charge >= 0.3 is 0 Å². The summed E-state index contributed by atoms with van der Waals surface area (Å²) in [5, 5.41) is 7.15. The van der Waals surface area contributed by atoms with Crippen LogP contribution in [0.5, 0.6) is 0 Å². The fraction of sp³-hybridized carbons (Fsp3) is 0.647. The van der Waals surface area contributed by atoms with Gasteiger partial charge in [0, 0.05) is 32.0 Å². The quantitative estimate of drug-likeness (QED) is 0.671. The van der Waals surface area contributed by atoms with Gasteiger partial charge in [0.25, 0.3) is 5.78 Å². The van der Waals surface area contributed by atoms with E-state index in [1.54, 1.807) is 11.6 Å². The van der Waals surface area contributed by atoms with Crippen LogP contribution in [-0.2, 0) is 14.3 Å². The highest BCUT2D eigenvalue weighted by atomic mass is 16.5. The summed E-state index contributed by atoms with van der Waals surface area (Å²) >= 11 is 0. The van der Waals surface area contributed by atoms with Crippen molar-refractivity contribution >= 4 is 17.5 Å². The van der Waals surface area contributed by atoms with E-state index in [0.717, 1.165) is 24.6 Å². The van der Waals surface area contributed by atoms with E-state index in [1.165, 1.54) is 6.33 Å². The average Bonchev–Trinajstić information content (AvgIpc) is 3.07. The molecule has 1 unspecified atom stereocenters. The number of rotatable bonds is 5. The summed E-state index contributed by atoms with van der Waals surface area (Å²) in [4.78, 5) is 25.2. The summed E-state index contributed by atoms with van der Waals surface area (Å²) in [6.45, 7) is 5.54. The normalized spacial score (nSPS) is 22.2. The van der Waals surface area contributed by atoms with Crippen LogP contribution in [0, 0.1) is 6.92 Å². The molecule has 0 saturated carbocycles. The van der Waals surface area contributed by atoms with E-state index in [4.69, 9.17) is 9.47 Å². The maximum absolute atomic E-state index is 12.3. The van der Waals surface area contributed by atoms with Crippen LogP contribution in [0.2, 0.25) is 0 Å². The van der Waals surface area contributed by atoms with Gasteiger partial charge in [-0.25, -0.2) is 4.98 Å². The van der Waals surface area contributed by atoms with Crippen molar-refractivity contribution in [2.45, 2.75) is 18.6 Å². The van der Waals surface area contributed by atoms with Gasteiger partial charge in [-0.3, -0.25) is 9.69 Å². The van der Waals surface area contributed by atoms with Crippen LogP contribution in [0.25, 0.3) is 5.78 Å². The van der Waals surface area contributed by atoms with Gasteiger partial charge in [0.05, 0.1) is 26.3 Å². The summed E-state index contributed by atoms with van der Waals surface area (Å²) in [5.41, 5.74) is 0.642. The molecule has 10 nitrogen and oxygen atoms in total. The molecule has 146 valence electrons. The fourth-order valence-corrected chi connectivity index (χ4v) is 3.80. The number of morpholine rings is 1. The fourth-order valence-electron chi connectivity index (χ4n) is 3.80. The molecule has 2 aromatic heterocycles. The number of carbonyl (C=O) groups excluding carboxylic acids is 1. The number of fused-ring (bicyclic) bond motifs is 1. The van der Waals surface area contributed by atoms with E-state index in [0.29, 0.717) is 32.1 Å². The molecule has 0 aliphatic carbocycles. The van der Waals surface area contributed by atoms with Crippen LogP contribution in [0.4, 0.5) is 5.82 Å². The van der Waals surface area contributed by atoms with Crippen LogP contribution in [-0.4, -0.2) is 95.6 Å².